The minimum atomic E-state index is -1.50. The molecule has 0 aliphatic rings. The largest absolute Gasteiger partial charge is 0.501 e. The maximum atomic E-state index is 8.44. The van der Waals surface area contributed by atoms with Gasteiger partial charge < -0.3 is 14.0 Å². The van der Waals surface area contributed by atoms with E-state index >= 15 is 0 Å². The Morgan fingerprint density at radius 3 is 2.24 bits per heavy atom. The van der Waals surface area contributed by atoms with Crippen LogP contribution in [0.1, 0.15) is 37.8 Å². The Bertz CT molecular complexity index is 2470. The fourth-order valence-corrected chi connectivity index (χ4v) is 8.18. The van der Waals surface area contributed by atoms with Crippen LogP contribution in [0.2, 0.25) is 19.6 Å². The van der Waals surface area contributed by atoms with E-state index in [9.17, 15) is 0 Å². The predicted molar refractivity (Wildman–Crippen MR) is 208 cm³/mol. The van der Waals surface area contributed by atoms with Crippen molar-refractivity contribution >= 4 is 46.2 Å². The third-order valence-electron chi connectivity index (χ3n) is 9.02. The van der Waals surface area contributed by atoms with Crippen molar-refractivity contribution in [3.8, 4) is 28.3 Å². The summed E-state index contributed by atoms with van der Waals surface area (Å²) < 4.78 is 17.0. The van der Waals surface area contributed by atoms with Crippen molar-refractivity contribution < 1.29 is 25.9 Å². The van der Waals surface area contributed by atoms with E-state index in [4.69, 9.17) is 10.8 Å². The van der Waals surface area contributed by atoms with Crippen molar-refractivity contribution in [2.24, 2.45) is 0 Å². The molecule has 0 spiro atoms. The van der Waals surface area contributed by atoms with Crippen LogP contribution in [0.5, 0.6) is 0 Å². The molecule has 253 valence electrons. The number of furan rings is 1. The second-order valence-electron chi connectivity index (χ2n) is 13.8. The van der Waals surface area contributed by atoms with Gasteiger partial charge in [0.1, 0.15) is 5.58 Å². The number of rotatable bonds is 5. The number of hydrogen-bond donors (Lipinski definition) is 0. The molecule has 3 heterocycles. The van der Waals surface area contributed by atoms with Crippen LogP contribution in [0, 0.1) is 26.0 Å². The van der Waals surface area contributed by atoms with Crippen LogP contribution in [-0.2, 0) is 20.1 Å². The Labute approximate surface area is 311 Å². The Hall–Kier alpha value is -4.61. The number of benzene rings is 5. The summed E-state index contributed by atoms with van der Waals surface area (Å²) in [5.41, 5.74) is 11.2. The van der Waals surface area contributed by atoms with Crippen LogP contribution in [0.15, 0.2) is 120 Å². The fraction of sp³-hybridized carbons (Fsp3) is 0.182. The zero-order chi connectivity index (χ0) is 35.2. The number of pyridine rings is 1. The summed E-state index contributed by atoms with van der Waals surface area (Å²) in [5, 5.41) is 3.47. The molecule has 0 bridgehead atoms. The third-order valence-corrected chi connectivity index (χ3v) is 11.0. The Balaban J connectivity index is 0.000000188. The quantitative estimate of drug-likeness (QED) is 0.128. The van der Waals surface area contributed by atoms with E-state index in [0.717, 1.165) is 66.9 Å². The molecule has 0 saturated heterocycles. The van der Waals surface area contributed by atoms with Gasteiger partial charge in [0, 0.05) is 38.7 Å². The molecule has 0 unspecified atom stereocenters. The Morgan fingerprint density at radius 1 is 0.800 bits per heavy atom. The van der Waals surface area contributed by atoms with Gasteiger partial charge in [-0.2, -0.15) is 0 Å². The number of fused-ring (bicyclic) bond motifs is 4. The van der Waals surface area contributed by atoms with E-state index in [1.165, 1.54) is 16.3 Å². The van der Waals surface area contributed by atoms with Gasteiger partial charge in [0.25, 0.3) is 0 Å². The molecule has 0 N–H and O–H groups in total. The van der Waals surface area contributed by atoms with Crippen LogP contribution >= 0.6 is 0 Å². The molecular formula is C44H41IrN3OSi-2. The molecule has 0 aliphatic carbocycles. The van der Waals surface area contributed by atoms with Crippen LogP contribution in [-0.4, -0.2) is 22.6 Å². The minimum Gasteiger partial charge on any atom is -0.501 e. The average molecular weight is 849 g/mol. The Kier molecular flexibility index (Phi) is 9.70. The molecule has 0 saturated carbocycles. The number of para-hydroxylation sites is 4. The predicted octanol–water partition coefficient (Wildman–Crippen LogP) is 11.2. The molecule has 8 aromatic rings. The minimum absolute atomic E-state index is 0. The van der Waals surface area contributed by atoms with Gasteiger partial charge in [0.15, 0.2) is 0 Å². The summed E-state index contributed by atoms with van der Waals surface area (Å²) in [6.07, 6.45) is 1.98. The molecule has 0 amide bonds. The first-order valence-corrected chi connectivity index (χ1v) is 20.3. The second kappa shape index (κ2) is 14.3. The Morgan fingerprint density at radius 2 is 1.52 bits per heavy atom. The standard InChI is InChI=1S/C27H19N2O.C17H22NSi.Ir/c1-17-9-7-10-18(2)25(17)29-23-15-5-4-14-22(23)28-27(29)21-13-8-12-20-19-11-3-6-16-24(19)30-26(20)21;1-13(2)15-11-16(14-9-7-6-8-10-14)18-12-17(15)19(3,4)5;/h3-12,14-16H,1-2H3;6-9,11-13H,1-5H3;/q2*-1;/i;13D;. The second-order valence-corrected chi connectivity index (χ2v) is 18.9. The molecule has 5 aromatic carbocycles. The zero-order valence-corrected chi connectivity index (χ0v) is 32.9. The zero-order valence-electron chi connectivity index (χ0n) is 30.6. The van der Waals surface area contributed by atoms with Crippen molar-refractivity contribution in [3.63, 3.8) is 0 Å². The van der Waals surface area contributed by atoms with Crippen molar-refractivity contribution in [1.29, 1.82) is 0 Å². The van der Waals surface area contributed by atoms with Gasteiger partial charge in [-0.1, -0.05) is 105 Å². The van der Waals surface area contributed by atoms with Crippen LogP contribution in [0.3, 0.4) is 0 Å². The summed E-state index contributed by atoms with van der Waals surface area (Å²) in [6.45, 7) is 15.1. The summed E-state index contributed by atoms with van der Waals surface area (Å²) >= 11 is 0. The smallest absolute Gasteiger partial charge is 0.120 e. The SMILES string of the molecule is Cc1cccc(C)c1-n1c(-c2[c-]ccc3c2oc2ccccc23)nc2ccccc21.[2H]C(C)(C)c1cc(-c2[c-]cccc2)ncc1[Si](C)(C)C.[Ir]. The van der Waals surface area contributed by atoms with E-state index in [2.05, 4.69) is 110 Å². The van der Waals surface area contributed by atoms with Gasteiger partial charge in [-0.3, -0.25) is 4.98 Å². The molecular weight excluding hydrogens is 807 g/mol. The summed E-state index contributed by atoms with van der Waals surface area (Å²) in [4.78, 5) is 9.64. The molecule has 4 nitrogen and oxygen atoms in total. The van der Waals surface area contributed by atoms with Gasteiger partial charge in [0.05, 0.1) is 30.5 Å². The maximum Gasteiger partial charge on any atom is 0.120 e. The van der Waals surface area contributed by atoms with Gasteiger partial charge in [-0.05, 0) is 59.9 Å². The van der Waals surface area contributed by atoms with Gasteiger partial charge in [-0.15, -0.1) is 54.1 Å². The molecule has 3 aromatic heterocycles. The van der Waals surface area contributed by atoms with Crippen molar-refractivity contribution in [1.82, 2.24) is 14.5 Å². The van der Waals surface area contributed by atoms with E-state index in [1.807, 2.05) is 74.6 Å². The summed E-state index contributed by atoms with van der Waals surface area (Å²) in [7, 11) is -1.50. The molecule has 0 fully saturated rings. The van der Waals surface area contributed by atoms with E-state index in [-0.39, 0.29) is 20.1 Å². The number of nitrogens with zero attached hydrogens (tertiary/aromatic N) is 3. The molecule has 1 radical (unpaired) electrons. The van der Waals surface area contributed by atoms with Crippen molar-refractivity contribution in [2.75, 3.05) is 0 Å². The normalized spacial score (nSPS) is 12.0. The molecule has 0 atom stereocenters. The van der Waals surface area contributed by atoms with E-state index in [1.54, 1.807) is 0 Å². The van der Waals surface area contributed by atoms with Crippen molar-refractivity contribution in [3.05, 3.63) is 144 Å². The molecule has 0 aliphatic heterocycles. The molecule has 8 rings (SSSR count). The monoisotopic (exact) mass is 849 g/mol. The fourth-order valence-electron chi connectivity index (χ4n) is 6.60. The number of aryl methyl sites for hydroxylation is 2. The first-order valence-electron chi connectivity index (χ1n) is 17.3. The van der Waals surface area contributed by atoms with E-state index in [0.29, 0.717) is 0 Å². The van der Waals surface area contributed by atoms with Crippen LogP contribution in [0.4, 0.5) is 0 Å². The summed E-state index contributed by atoms with van der Waals surface area (Å²) in [5.74, 6) is 0.237. The van der Waals surface area contributed by atoms with Gasteiger partial charge >= 0.3 is 0 Å². The summed E-state index contributed by atoms with van der Waals surface area (Å²) in [6, 6.07) is 43.4. The maximum absolute atomic E-state index is 8.44. The van der Waals surface area contributed by atoms with E-state index < -0.39 is 14.0 Å². The molecule has 50 heavy (non-hydrogen) atoms. The van der Waals surface area contributed by atoms with Gasteiger partial charge in [-0.25, -0.2) is 0 Å². The average Bonchev–Trinajstić information content (AvgIpc) is 3.67. The van der Waals surface area contributed by atoms with Crippen molar-refractivity contribution in [2.45, 2.75) is 53.2 Å². The number of hydrogen-bond acceptors (Lipinski definition) is 3. The van der Waals surface area contributed by atoms with Crippen LogP contribution in [0.25, 0.3) is 61.3 Å². The first-order chi connectivity index (χ1) is 23.9. The number of aromatic nitrogens is 3. The third kappa shape index (κ3) is 6.64. The topological polar surface area (TPSA) is 43.9 Å². The first kappa shape index (κ1) is 33.9. The van der Waals surface area contributed by atoms with Crippen LogP contribution < -0.4 is 5.19 Å². The van der Waals surface area contributed by atoms with Gasteiger partial charge in [0.2, 0.25) is 0 Å². The molecule has 6 heteroatoms. The number of imidazole rings is 1.